The quantitative estimate of drug-likeness (QED) is 0.900. The van der Waals surface area contributed by atoms with Gasteiger partial charge in [0, 0.05) is 43.4 Å². The minimum atomic E-state index is -0.703. The van der Waals surface area contributed by atoms with Crippen LogP contribution in [0.25, 0.3) is 0 Å². The molecule has 6 heteroatoms. The van der Waals surface area contributed by atoms with Crippen LogP contribution in [-0.2, 0) is 0 Å². The molecule has 0 radical (unpaired) electrons. The molecule has 0 saturated carbocycles. The number of piperazine rings is 1. The summed E-state index contributed by atoms with van der Waals surface area (Å²) in [4.78, 5) is 16.1. The second-order valence-electron chi connectivity index (χ2n) is 6.02. The number of nitrogens with one attached hydrogen (secondary N) is 1. The van der Waals surface area contributed by atoms with Gasteiger partial charge in [-0.3, -0.25) is 4.90 Å². The lowest BCUT2D eigenvalue weighted by Crippen LogP contribution is -2.52. The molecular formula is C15H22ClN3O2. The van der Waals surface area contributed by atoms with Crippen LogP contribution in [0.3, 0.4) is 0 Å². The van der Waals surface area contributed by atoms with Crippen LogP contribution in [0.5, 0.6) is 0 Å². The normalized spacial score (nSPS) is 16.9. The molecule has 1 aromatic rings. The molecule has 1 aliphatic heterocycles. The molecule has 1 aromatic carbocycles. The van der Waals surface area contributed by atoms with Crippen molar-refractivity contribution in [2.45, 2.75) is 19.4 Å². The van der Waals surface area contributed by atoms with Gasteiger partial charge in [-0.05, 0) is 32.0 Å². The third-order valence-electron chi connectivity index (χ3n) is 3.35. The van der Waals surface area contributed by atoms with Crippen molar-refractivity contribution in [1.82, 2.24) is 9.80 Å². The molecule has 1 fully saturated rings. The highest BCUT2D eigenvalue weighted by Gasteiger charge is 2.24. The molecule has 5 nitrogen and oxygen atoms in total. The number of amides is 2. The zero-order valence-electron chi connectivity index (χ0n) is 12.5. The lowest BCUT2D eigenvalue weighted by molar-refractivity contribution is 0.0231. The second kappa shape index (κ2) is 6.64. The summed E-state index contributed by atoms with van der Waals surface area (Å²) >= 11 is 5.90. The largest absolute Gasteiger partial charge is 0.389 e. The number of benzene rings is 1. The molecule has 2 amide bonds. The van der Waals surface area contributed by atoms with Gasteiger partial charge in [0.1, 0.15) is 0 Å². The predicted molar refractivity (Wildman–Crippen MR) is 84.8 cm³/mol. The molecule has 0 aromatic heterocycles. The first-order chi connectivity index (χ1) is 9.83. The molecule has 0 unspecified atom stereocenters. The SMILES string of the molecule is CC(C)(O)CN1CCN(C(=O)Nc2cccc(Cl)c2)CC1. The summed E-state index contributed by atoms with van der Waals surface area (Å²) in [6, 6.07) is 7.00. The number of hydrogen-bond donors (Lipinski definition) is 2. The van der Waals surface area contributed by atoms with Crippen molar-refractivity contribution in [3.05, 3.63) is 29.3 Å². The van der Waals surface area contributed by atoms with E-state index in [0.29, 0.717) is 30.3 Å². The number of halogens is 1. The number of aliphatic hydroxyl groups is 1. The van der Waals surface area contributed by atoms with E-state index in [1.165, 1.54) is 0 Å². The molecule has 21 heavy (non-hydrogen) atoms. The molecular weight excluding hydrogens is 290 g/mol. The summed E-state index contributed by atoms with van der Waals surface area (Å²) in [5.41, 5.74) is -0.00277. The summed E-state index contributed by atoms with van der Waals surface area (Å²) in [5.74, 6) is 0. The molecule has 0 spiro atoms. The van der Waals surface area contributed by atoms with Gasteiger partial charge >= 0.3 is 6.03 Å². The first-order valence-corrected chi connectivity index (χ1v) is 7.47. The fourth-order valence-corrected chi connectivity index (χ4v) is 2.62. The highest BCUT2D eigenvalue weighted by molar-refractivity contribution is 6.30. The zero-order chi connectivity index (χ0) is 15.5. The Morgan fingerprint density at radius 1 is 1.33 bits per heavy atom. The fraction of sp³-hybridized carbons (Fsp3) is 0.533. The van der Waals surface area contributed by atoms with Crippen molar-refractivity contribution < 1.29 is 9.90 Å². The molecule has 0 bridgehead atoms. The number of anilines is 1. The fourth-order valence-electron chi connectivity index (χ4n) is 2.43. The molecule has 1 saturated heterocycles. The van der Waals surface area contributed by atoms with Gasteiger partial charge in [0.25, 0.3) is 0 Å². The van der Waals surface area contributed by atoms with Crippen LogP contribution in [0.2, 0.25) is 5.02 Å². The van der Waals surface area contributed by atoms with Gasteiger partial charge in [0.05, 0.1) is 5.60 Å². The summed E-state index contributed by atoms with van der Waals surface area (Å²) < 4.78 is 0. The number of carbonyl (C=O) groups excluding carboxylic acids is 1. The Morgan fingerprint density at radius 3 is 2.57 bits per heavy atom. The molecule has 2 N–H and O–H groups in total. The maximum absolute atomic E-state index is 12.2. The number of urea groups is 1. The summed E-state index contributed by atoms with van der Waals surface area (Å²) in [6.07, 6.45) is 0. The minimum Gasteiger partial charge on any atom is -0.389 e. The van der Waals surface area contributed by atoms with Crippen LogP contribution in [0.15, 0.2) is 24.3 Å². The standard InChI is InChI=1S/C15H22ClN3O2/c1-15(2,21)11-18-6-8-19(9-7-18)14(20)17-13-5-3-4-12(16)10-13/h3-5,10,21H,6-9,11H2,1-2H3,(H,17,20). The Bertz CT molecular complexity index is 494. The van der Waals surface area contributed by atoms with Gasteiger partial charge in [0.2, 0.25) is 0 Å². The van der Waals surface area contributed by atoms with Crippen molar-refractivity contribution >= 4 is 23.3 Å². The van der Waals surface area contributed by atoms with E-state index in [1.807, 2.05) is 6.07 Å². The van der Waals surface area contributed by atoms with Crippen LogP contribution in [0, 0.1) is 0 Å². The maximum Gasteiger partial charge on any atom is 0.321 e. The minimum absolute atomic E-state index is 0.111. The summed E-state index contributed by atoms with van der Waals surface area (Å²) in [7, 11) is 0. The first-order valence-electron chi connectivity index (χ1n) is 7.10. The van der Waals surface area contributed by atoms with E-state index in [4.69, 9.17) is 11.6 Å². The molecule has 2 rings (SSSR count). The number of rotatable bonds is 3. The predicted octanol–water partition coefficient (Wildman–Crippen LogP) is 2.26. The Hall–Kier alpha value is -1.30. The van der Waals surface area contributed by atoms with Crippen molar-refractivity contribution in [3.8, 4) is 0 Å². The third kappa shape index (κ3) is 5.19. The smallest absolute Gasteiger partial charge is 0.321 e. The van der Waals surface area contributed by atoms with E-state index in [2.05, 4.69) is 10.2 Å². The van der Waals surface area contributed by atoms with Crippen molar-refractivity contribution in [2.75, 3.05) is 38.0 Å². The Labute approximate surface area is 130 Å². The van der Waals surface area contributed by atoms with E-state index < -0.39 is 5.60 Å². The third-order valence-corrected chi connectivity index (χ3v) is 3.58. The molecule has 0 aliphatic carbocycles. The number of β-amino-alcohol motifs (C(OH)–C–C–N with tert-alkyl or cyclic N) is 1. The molecule has 116 valence electrons. The Morgan fingerprint density at radius 2 is 2.00 bits per heavy atom. The van der Waals surface area contributed by atoms with Crippen LogP contribution in [0.1, 0.15) is 13.8 Å². The van der Waals surface area contributed by atoms with Gasteiger partial charge in [-0.15, -0.1) is 0 Å². The molecule has 1 aliphatic rings. The Kier molecular flexibility index (Phi) is 5.08. The van der Waals surface area contributed by atoms with Gasteiger partial charge in [-0.1, -0.05) is 17.7 Å². The lowest BCUT2D eigenvalue weighted by Gasteiger charge is -2.37. The van der Waals surface area contributed by atoms with Gasteiger partial charge in [-0.25, -0.2) is 4.79 Å². The summed E-state index contributed by atoms with van der Waals surface area (Å²) in [6.45, 7) is 7.07. The van der Waals surface area contributed by atoms with E-state index in [1.54, 1.807) is 36.9 Å². The van der Waals surface area contributed by atoms with Crippen LogP contribution in [-0.4, -0.2) is 59.3 Å². The monoisotopic (exact) mass is 311 g/mol. The van der Waals surface area contributed by atoms with Gasteiger partial charge < -0.3 is 15.3 Å². The molecule has 0 atom stereocenters. The van der Waals surface area contributed by atoms with Crippen LogP contribution < -0.4 is 5.32 Å². The van der Waals surface area contributed by atoms with E-state index in [9.17, 15) is 9.90 Å². The number of carbonyl (C=O) groups is 1. The number of hydrogen-bond acceptors (Lipinski definition) is 3. The van der Waals surface area contributed by atoms with Crippen molar-refractivity contribution in [2.24, 2.45) is 0 Å². The van der Waals surface area contributed by atoms with Crippen LogP contribution in [0.4, 0.5) is 10.5 Å². The van der Waals surface area contributed by atoms with Crippen molar-refractivity contribution in [1.29, 1.82) is 0 Å². The number of nitrogens with zero attached hydrogens (tertiary/aromatic N) is 2. The first kappa shape index (κ1) is 16.1. The van der Waals surface area contributed by atoms with Crippen LogP contribution >= 0.6 is 11.6 Å². The van der Waals surface area contributed by atoms with E-state index >= 15 is 0 Å². The topological polar surface area (TPSA) is 55.8 Å². The summed E-state index contributed by atoms with van der Waals surface area (Å²) in [5, 5.41) is 13.3. The Balaban J connectivity index is 1.83. The average Bonchev–Trinajstić information content (AvgIpc) is 2.37. The van der Waals surface area contributed by atoms with E-state index in [-0.39, 0.29) is 6.03 Å². The highest BCUT2D eigenvalue weighted by Crippen LogP contribution is 2.16. The van der Waals surface area contributed by atoms with Gasteiger partial charge in [0.15, 0.2) is 0 Å². The van der Waals surface area contributed by atoms with Gasteiger partial charge in [-0.2, -0.15) is 0 Å². The average molecular weight is 312 g/mol. The van der Waals surface area contributed by atoms with E-state index in [0.717, 1.165) is 13.1 Å². The molecule has 1 heterocycles. The lowest BCUT2D eigenvalue weighted by atomic mass is 10.1. The zero-order valence-corrected chi connectivity index (χ0v) is 13.2. The van der Waals surface area contributed by atoms with Crippen molar-refractivity contribution in [3.63, 3.8) is 0 Å². The highest BCUT2D eigenvalue weighted by atomic mass is 35.5. The maximum atomic E-state index is 12.2. The second-order valence-corrected chi connectivity index (χ2v) is 6.45.